The molecule has 1 aromatic rings. The Morgan fingerprint density at radius 3 is 2.67 bits per heavy atom. The Morgan fingerprint density at radius 1 is 1.50 bits per heavy atom. The van der Waals surface area contributed by atoms with Gasteiger partial charge in [-0.3, -0.25) is 0 Å². The van der Waals surface area contributed by atoms with Gasteiger partial charge in [0.25, 0.3) is 0 Å². The molecule has 0 aliphatic heterocycles. The zero-order valence-electron chi connectivity index (χ0n) is 10.8. The predicted octanol–water partition coefficient (Wildman–Crippen LogP) is 1.98. The number of sulfonamides is 1. The molecule has 0 aromatic carbocycles. The van der Waals surface area contributed by atoms with Crippen molar-refractivity contribution in [2.45, 2.75) is 24.6 Å². The van der Waals surface area contributed by atoms with Crippen molar-refractivity contribution in [1.29, 1.82) is 0 Å². The van der Waals surface area contributed by atoms with Crippen LogP contribution in [0.25, 0.3) is 0 Å². The second-order valence-electron chi connectivity index (χ2n) is 3.79. The Morgan fingerprint density at radius 2 is 2.17 bits per heavy atom. The molecular weight excluding hydrogens is 278 g/mol. The van der Waals surface area contributed by atoms with Crippen LogP contribution in [0.3, 0.4) is 0 Å². The maximum absolute atomic E-state index is 12.2. The SMILES string of the molecule is CCOCCN(C)S(=O)(=O)c1cc(CCl)oc1C. The average molecular weight is 296 g/mol. The lowest BCUT2D eigenvalue weighted by molar-refractivity contribution is 0.138. The number of ether oxygens (including phenoxy) is 1. The van der Waals surface area contributed by atoms with Gasteiger partial charge in [-0.25, -0.2) is 8.42 Å². The largest absolute Gasteiger partial charge is 0.464 e. The molecule has 0 aliphatic rings. The van der Waals surface area contributed by atoms with Crippen molar-refractivity contribution in [3.8, 4) is 0 Å². The fourth-order valence-corrected chi connectivity index (χ4v) is 2.94. The maximum Gasteiger partial charge on any atom is 0.246 e. The van der Waals surface area contributed by atoms with Gasteiger partial charge in [-0.2, -0.15) is 4.31 Å². The van der Waals surface area contributed by atoms with Gasteiger partial charge in [0.15, 0.2) is 0 Å². The Labute approximate surface area is 113 Å². The van der Waals surface area contributed by atoms with E-state index in [1.54, 1.807) is 6.92 Å². The third-order valence-corrected chi connectivity index (χ3v) is 4.73. The van der Waals surface area contributed by atoms with Gasteiger partial charge in [0.1, 0.15) is 16.4 Å². The molecule has 7 heteroatoms. The standard InChI is InChI=1S/C11H18ClNO4S/c1-4-16-6-5-13(3)18(14,15)11-7-10(8-12)17-9(11)2/h7H,4-6,8H2,1-3H3. The average Bonchev–Trinajstić information content (AvgIpc) is 2.71. The molecule has 0 atom stereocenters. The van der Waals surface area contributed by atoms with E-state index in [0.717, 1.165) is 0 Å². The molecule has 0 N–H and O–H groups in total. The number of furan rings is 1. The monoisotopic (exact) mass is 295 g/mol. The van der Waals surface area contributed by atoms with Crippen molar-refractivity contribution in [3.05, 3.63) is 17.6 Å². The van der Waals surface area contributed by atoms with Crippen LogP contribution in [0.15, 0.2) is 15.4 Å². The Balaban J connectivity index is 2.87. The number of hydrogen-bond acceptors (Lipinski definition) is 4. The maximum atomic E-state index is 12.2. The van der Waals surface area contributed by atoms with E-state index in [4.69, 9.17) is 20.8 Å². The van der Waals surface area contributed by atoms with Gasteiger partial charge >= 0.3 is 0 Å². The van der Waals surface area contributed by atoms with Crippen LogP contribution >= 0.6 is 11.6 Å². The van der Waals surface area contributed by atoms with E-state index in [0.29, 0.717) is 31.3 Å². The van der Waals surface area contributed by atoms with E-state index in [1.165, 1.54) is 17.4 Å². The number of nitrogens with zero attached hydrogens (tertiary/aromatic N) is 1. The van der Waals surface area contributed by atoms with E-state index in [1.807, 2.05) is 6.92 Å². The lowest BCUT2D eigenvalue weighted by atomic mass is 10.4. The van der Waals surface area contributed by atoms with Crippen LogP contribution < -0.4 is 0 Å². The highest BCUT2D eigenvalue weighted by atomic mass is 35.5. The van der Waals surface area contributed by atoms with E-state index >= 15 is 0 Å². The predicted molar refractivity (Wildman–Crippen MR) is 69.3 cm³/mol. The van der Waals surface area contributed by atoms with Gasteiger partial charge in [-0.05, 0) is 13.8 Å². The molecule has 0 bridgehead atoms. The summed E-state index contributed by atoms with van der Waals surface area (Å²) in [6.45, 7) is 4.71. The molecule has 0 aliphatic carbocycles. The molecular formula is C11H18ClNO4S. The summed E-state index contributed by atoms with van der Waals surface area (Å²) in [6, 6.07) is 1.47. The lowest BCUT2D eigenvalue weighted by Gasteiger charge is -2.16. The fourth-order valence-electron chi connectivity index (χ4n) is 1.47. The van der Waals surface area contributed by atoms with Crippen molar-refractivity contribution >= 4 is 21.6 Å². The molecule has 1 rings (SSSR count). The molecule has 18 heavy (non-hydrogen) atoms. The minimum Gasteiger partial charge on any atom is -0.464 e. The first kappa shape index (κ1) is 15.5. The Bertz CT molecular complexity index is 483. The molecule has 0 saturated carbocycles. The number of halogens is 1. The van der Waals surface area contributed by atoms with Crippen molar-refractivity contribution in [1.82, 2.24) is 4.31 Å². The summed E-state index contributed by atoms with van der Waals surface area (Å²) < 4.78 is 36.1. The van der Waals surface area contributed by atoms with Crippen LogP contribution in [0.2, 0.25) is 0 Å². The van der Waals surface area contributed by atoms with Gasteiger partial charge in [0.2, 0.25) is 10.0 Å². The van der Waals surface area contributed by atoms with Crippen LogP contribution in [-0.2, 0) is 20.6 Å². The molecule has 0 amide bonds. The van der Waals surface area contributed by atoms with Crippen molar-refractivity contribution in [3.63, 3.8) is 0 Å². The second kappa shape index (κ2) is 6.56. The highest BCUT2D eigenvalue weighted by molar-refractivity contribution is 7.89. The Hall–Kier alpha value is -0.560. The zero-order valence-corrected chi connectivity index (χ0v) is 12.3. The lowest BCUT2D eigenvalue weighted by Crippen LogP contribution is -2.30. The summed E-state index contributed by atoms with van der Waals surface area (Å²) >= 11 is 5.62. The topological polar surface area (TPSA) is 59.8 Å². The van der Waals surface area contributed by atoms with E-state index in [-0.39, 0.29) is 10.8 Å². The third kappa shape index (κ3) is 3.47. The summed E-state index contributed by atoms with van der Waals surface area (Å²) in [5, 5.41) is 0. The van der Waals surface area contributed by atoms with Crippen LogP contribution in [-0.4, -0.2) is 39.5 Å². The quantitative estimate of drug-likeness (QED) is 0.570. The molecule has 0 fully saturated rings. The summed E-state index contributed by atoms with van der Waals surface area (Å²) in [4.78, 5) is 0.164. The van der Waals surface area contributed by atoms with Crippen LogP contribution in [0.4, 0.5) is 0 Å². The third-order valence-electron chi connectivity index (χ3n) is 2.50. The van der Waals surface area contributed by atoms with Gasteiger partial charge in [-0.1, -0.05) is 0 Å². The molecule has 0 radical (unpaired) electrons. The minimum absolute atomic E-state index is 0.152. The summed E-state index contributed by atoms with van der Waals surface area (Å²) in [7, 11) is -2.02. The number of aryl methyl sites for hydroxylation is 1. The first-order valence-corrected chi connectivity index (χ1v) is 7.60. The molecule has 0 unspecified atom stereocenters. The number of likely N-dealkylation sites (N-methyl/N-ethyl adjacent to an activating group) is 1. The number of rotatable bonds is 7. The summed E-state index contributed by atoms with van der Waals surface area (Å²) in [5.74, 6) is 0.957. The smallest absolute Gasteiger partial charge is 0.246 e. The van der Waals surface area contributed by atoms with Gasteiger partial charge < -0.3 is 9.15 Å². The first-order chi connectivity index (χ1) is 8.43. The van der Waals surface area contributed by atoms with E-state index < -0.39 is 10.0 Å². The van der Waals surface area contributed by atoms with Crippen molar-refractivity contribution in [2.75, 3.05) is 26.8 Å². The Kier molecular flexibility index (Phi) is 5.65. The van der Waals surface area contributed by atoms with Crippen LogP contribution in [0, 0.1) is 6.92 Å². The summed E-state index contributed by atoms with van der Waals surface area (Å²) in [5.41, 5.74) is 0. The van der Waals surface area contributed by atoms with Crippen molar-refractivity contribution < 1.29 is 17.6 Å². The molecule has 1 aromatic heterocycles. The van der Waals surface area contributed by atoms with Crippen LogP contribution in [0.1, 0.15) is 18.4 Å². The second-order valence-corrected chi connectivity index (χ2v) is 6.07. The van der Waals surface area contributed by atoms with E-state index in [2.05, 4.69) is 0 Å². The molecule has 5 nitrogen and oxygen atoms in total. The molecule has 104 valence electrons. The molecule has 1 heterocycles. The number of hydrogen-bond donors (Lipinski definition) is 0. The highest BCUT2D eigenvalue weighted by Gasteiger charge is 2.25. The highest BCUT2D eigenvalue weighted by Crippen LogP contribution is 2.23. The number of alkyl halides is 1. The fraction of sp³-hybridized carbons (Fsp3) is 0.636. The van der Waals surface area contributed by atoms with Gasteiger partial charge in [-0.15, -0.1) is 11.6 Å². The van der Waals surface area contributed by atoms with Crippen molar-refractivity contribution in [2.24, 2.45) is 0 Å². The van der Waals surface area contributed by atoms with Crippen LogP contribution in [0.5, 0.6) is 0 Å². The van der Waals surface area contributed by atoms with E-state index in [9.17, 15) is 8.42 Å². The zero-order chi connectivity index (χ0) is 13.8. The summed E-state index contributed by atoms with van der Waals surface area (Å²) in [6.07, 6.45) is 0. The van der Waals surface area contributed by atoms with Gasteiger partial charge in [0.05, 0.1) is 12.5 Å². The van der Waals surface area contributed by atoms with Gasteiger partial charge in [0, 0.05) is 26.3 Å². The normalized spacial score (nSPS) is 12.3. The molecule has 0 saturated heterocycles. The minimum atomic E-state index is -3.54. The molecule has 0 spiro atoms. The first-order valence-electron chi connectivity index (χ1n) is 5.62.